The zero-order valence-corrected chi connectivity index (χ0v) is 19.9. The number of rotatable bonds is 13. The number of unbranched alkanes of at least 4 members (excludes halogenated alkanes) is 8. The van der Waals surface area contributed by atoms with Crippen LogP contribution < -0.4 is 5.32 Å². The highest BCUT2D eigenvalue weighted by Crippen LogP contribution is 2.09. The van der Waals surface area contributed by atoms with Gasteiger partial charge in [0.2, 0.25) is 0 Å². The van der Waals surface area contributed by atoms with Crippen LogP contribution in [-0.2, 0) is 4.79 Å². The molecule has 0 aliphatic heterocycles. The number of hydrogen-bond donors (Lipinski definition) is 2. The van der Waals surface area contributed by atoms with E-state index in [1.807, 2.05) is 55.6 Å². The standard InChI is InChI=1S/C23H30N2.C5H10O2/c1-2-3-4-5-6-7-8-12-19-24-23-18-17-22(20-25-23)16-15-21-13-10-9-11-14-21;1-2-3-4-5(6)7/h9-11,13-14,17-18,20H,2-8,12,19H2,1H3,(H,24,25);2-4H2,1H3,(H,6,7). The third kappa shape index (κ3) is 15.1. The molecule has 0 saturated carbocycles. The predicted molar refractivity (Wildman–Crippen MR) is 135 cm³/mol. The van der Waals surface area contributed by atoms with Gasteiger partial charge >= 0.3 is 5.97 Å². The van der Waals surface area contributed by atoms with Crippen LogP contribution in [0, 0.1) is 11.8 Å². The highest BCUT2D eigenvalue weighted by Gasteiger charge is 1.95. The Labute approximate surface area is 194 Å². The molecule has 1 aromatic carbocycles. The first-order valence-corrected chi connectivity index (χ1v) is 12.1. The van der Waals surface area contributed by atoms with Crippen LogP contribution >= 0.6 is 0 Å². The summed E-state index contributed by atoms with van der Waals surface area (Å²) >= 11 is 0. The van der Waals surface area contributed by atoms with Crippen molar-refractivity contribution in [3.8, 4) is 11.8 Å². The maximum Gasteiger partial charge on any atom is 0.303 e. The molecule has 32 heavy (non-hydrogen) atoms. The summed E-state index contributed by atoms with van der Waals surface area (Å²) < 4.78 is 0. The van der Waals surface area contributed by atoms with Crippen molar-refractivity contribution < 1.29 is 9.90 Å². The summed E-state index contributed by atoms with van der Waals surface area (Å²) in [6.07, 6.45) is 14.7. The van der Waals surface area contributed by atoms with Gasteiger partial charge in [-0.05, 0) is 37.1 Å². The van der Waals surface area contributed by atoms with Crippen LogP contribution in [0.5, 0.6) is 0 Å². The fourth-order valence-electron chi connectivity index (χ4n) is 3.04. The minimum Gasteiger partial charge on any atom is -0.481 e. The number of pyridine rings is 1. The van der Waals surface area contributed by atoms with Gasteiger partial charge in [0, 0.05) is 30.3 Å². The molecule has 1 aromatic heterocycles. The van der Waals surface area contributed by atoms with E-state index in [-0.39, 0.29) is 0 Å². The van der Waals surface area contributed by atoms with Gasteiger partial charge in [-0.3, -0.25) is 4.79 Å². The summed E-state index contributed by atoms with van der Waals surface area (Å²) in [6, 6.07) is 14.1. The minimum atomic E-state index is -0.693. The lowest BCUT2D eigenvalue weighted by atomic mass is 10.1. The molecule has 2 rings (SSSR count). The van der Waals surface area contributed by atoms with Crippen molar-refractivity contribution in [2.24, 2.45) is 0 Å². The molecule has 174 valence electrons. The second-order valence-electron chi connectivity index (χ2n) is 7.95. The number of nitrogens with zero attached hydrogens (tertiary/aromatic N) is 1. The van der Waals surface area contributed by atoms with Crippen LogP contribution in [0.4, 0.5) is 5.82 Å². The number of nitrogens with one attached hydrogen (secondary N) is 1. The fourth-order valence-corrected chi connectivity index (χ4v) is 3.04. The average Bonchev–Trinajstić information content (AvgIpc) is 2.82. The highest BCUT2D eigenvalue weighted by atomic mass is 16.4. The number of aliphatic carboxylic acids is 1. The Balaban J connectivity index is 0.000000633. The Kier molecular flexibility index (Phi) is 16.1. The molecule has 4 heteroatoms. The summed E-state index contributed by atoms with van der Waals surface area (Å²) in [5.74, 6) is 6.55. The number of aromatic nitrogens is 1. The van der Waals surface area contributed by atoms with Gasteiger partial charge in [-0.25, -0.2) is 4.98 Å². The van der Waals surface area contributed by atoms with E-state index < -0.39 is 5.97 Å². The zero-order chi connectivity index (χ0) is 23.3. The SMILES string of the molecule is CCCCC(=O)O.CCCCCCCCCCNc1ccc(C#Cc2ccccc2)cn1. The van der Waals surface area contributed by atoms with Crippen molar-refractivity contribution in [2.45, 2.75) is 84.5 Å². The van der Waals surface area contributed by atoms with Crippen molar-refractivity contribution in [1.82, 2.24) is 4.98 Å². The first kappa shape index (κ1) is 27.2. The maximum absolute atomic E-state index is 9.76. The normalized spacial score (nSPS) is 9.81. The summed E-state index contributed by atoms with van der Waals surface area (Å²) in [6.45, 7) is 5.24. The third-order valence-corrected chi connectivity index (χ3v) is 4.97. The lowest BCUT2D eigenvalue weighted by Crippen LogP contribution is -2.03. The van der Waals surface area contributed by atoms with Crippen LogP contribution in [0.15, 0.2) is 48.7 Å². The van der Waals surface area contributed by atoms with E-state index in [4.69, 9.17) is 5.11 Å². The van der Waals surface area contributed by atoms with Gasteiger partial charge in [0.15, 0.2) is 0 Å². The molecule has 2 N–H and O–H groups in total. The van der Waals surface area contributed by atoms with E-state index in [1.165, 1.54) is 51.4 Å². The van der Waals surface area contributed by atoms with Gasteiger partial charge in [0.25, 0.3) is 0 Å². The Hall–Kier alpha value is -2.80. The van der Waals surface area contributed by atoms with Gasteiger partial charge in [0.05, 0.1) is 0 Å². The molecule has 0 spiro atoms. The molecule has 4 nitrogen and oxygen atoms in total. The monoisotopic (exact) mass is 436 g/mol. The summed E-state index contributed by atoms with van der Waals surface area (Å²) in [5, 5.41) is 11.4. The van der Waals surface area contributed by atoms with Crippen LogP contribution in [-0.4, -0.2) is 22.6 Å². The highest BCUT2D eigenvalue weighted by molar-refractivity contribution is 5.66. The first-order chi connectivity index (χ1) is 15.7. The Morgan fingerprint density at radius 2 is 1.44 bits per heavy atom. The number of carbonyl (C=O) groups is 1. The lowest BCUT2D eigenvalue weighted by Gasteiger charge is -2.05. The van der Waals surface area contributed by atoms with Crippen molar-refractivity contribution in [1.29, 1.82) is 0 Å². The molecule has 0 unspecified atom stereocenters. The first-order valence-electron chi connectivity index (χ1n) is 12.1. The number of anilines is 1. The summed E-state index contributed by atoms with van der Waals surface area (Å²) in [4.78, 5) is 14.2. The van der Waals surface area contributed by atoms with Crippen LogP contribution in [0.25, 0.3) is 0 Å². The average molecular weight is 437 g/mol. The molecule has 1 heterocycles. The number of carboxylic acids is 1. The van der Waals surface area contributed by atoms with Gasteiger partial charge in [-0.1, -0.05) is 95.3 Å². The summed E-state index contributed by atoms with van der Waals surface area (Å²) in [7, 11) is 0. The van der Waals surface area contributed by atoms with Gasteiger partial charge in [0.1, 0.15) is 5.82 Å². The quantitative estimate of drug-likeness (QED) is 0.255. The predicted octanol–water partition coefficient (Wildman–Crippen LogP) is 7.30. The molecule has 2 aromatic rings. The van der Waals surface area contributed by atoms with Crippen LogP contribution in [0.2, 0.25) is 0 Å². The topological polar surface area (TPSA) is 62.2 Å². The second-order valence-corrected chi connectivity index (χ2v) is 7.95. The van der Waals surface area contributed by atoms with Crippen LogP contribution in [0.3, 0.4) is 0 Å². The fraction of sp³-hybridized carbons (Fsp3) is 0.500. The molecular weight excluding hydrogens is 396 g/mol. The Bertz CT molecular complexity index is 777. The molecule has 0 radical (unpaired) electrons. The van der Waals surface area contributed by atoms with E-state index in [0.717, 1.165) is 36.3 Å². The minimum absolute atomic E-state index is 0.316. The van der Waals surface area contributed by atoms with E-state index in [2.05, 4.69) is 29.1 Å². The number of benzene rings is 1. The van der Waals surface area contributed by atoms with Gasteiger partial charge < -0.3 is 10.4 Å². The van der Waals surface area contributed by atoms with Crippen molar-refractivity contribution in [3.63, 3.8) is 0 Å². The molecule has 0 amide bonds. The largest absolute Gasteiger partial charge is 0.481 e. The molecule has 0 aliphatic rings. The third-order valence-electron chi connectivity index (χ3n) is 4.97. The van der Waals surface area contributed by atoms with Gasteiger partial charge in [-0.15, -0.1) is 0 Å². The second kappa shape index (κ2) is 18.9. The van der Waals surface area contributed by atoms with Crippen molar-refractivity contribution >= 4 is 11.8 Å². The lowest BCUT2D eigenvalue weighted by molar-refractivity contribution is -0.137. The van der Waals surface area contributed by atoms with E-state index in [9.17, 15) is 4.79 Å². The summed E-state index contributed by atoms with van der Waals surface area (Å²) in [5.41, 5.74) is 1.97. The van der Waals surface area contributed by atoms with E-state index in [1.54, 1.807) is 0 Å². The molecule has 0 saturated heterocycles. The van der Waals surface area contributed by atoms with E-state index >= 15 is 0 Å². The van der Waals surface area contributed by atoms with Gasteiger partial charge in [-0.2, -0.15) is 0 Å². The number of carboxylic acid groups (broad SMARTS) is 1. The zero-order valence-electron chi connectivity index (χ0n) is 19.9. The smallest absolute Gasteiger partial charge is 0.303 e. The van der Waals surface area contributed by atoms with E-state index in [0.29, 0.717) is 6.42 Å². The molecule has 0 bridgehead atoms. The van der Waals surface area contributed by atoms with Crippen molar-refractivity contribution in [2.75, 3.05) is 11.9 Å². The molecule has 0 atom stereocenters. The van der Waals surface area contributed by atoms with Crippen LogP contribution in [0.1, 0.15) is 95.6 Å². The Morgan fingerprint density at radius 1 is 0.812 bits per heavy atom. The number of hydrogen-bond acceptors (Lipinski definition) is 3. The Morgan fingerprint density at radius 3 is 2.00 bits per heavy atom. The molecule has 0 fully saturated rings. The van der Waals surface area contributed by atoms with Crippen molar-refractivity contribution in [3.05, 3.63) is 59.8 Å². The maximum atomic E-state index is 9.76. The molecule has 0 aliphatic carbocycles. The molecular formula is C28H40N2O2.